The maximum Gasteiger partial charge on any atom is 0.253 e. The number of rotatable bonds is 6. The number of likely N-dealkylation sites (N-methyl/N-ethyl adjacent to an activating group) is 1. The van der Waals surface area contributed by atoms with Crippen molar-refractivity contribution in [3.8, 4) is 0 Å². The molecule has 0 atom stereocenters. The molecule has 1 N–H and O–H groups in total. The van der Waals surface area contributed by atoms with Crippen LogP contribution in [0.3, 0.4) is 0 Å². The van der Waals surface area contributed by atoms with Gasteiger partial charge in [0.15, 0.2) is 0 Å². The maximum absolute atomic E-state index is 12.3. The molecule has 2 amide bonds. The molecule has 1 aromatic heterocycles. The number of amides is 2. The van der Waals surface area contributed by atoms with Crippen molar-refractivity contribution in [1.29, 1.82) is 0 Å². The predicted molar refractivity (Wildman–Crippen MR) is 102 cm³/mol. The number of sulfonamides is 1. The summed E-state index contributed by atoms with van der Waals surface area (Å²) in [6.07, 6.45) is 0. The van der Waals surface area contributed by atoms with Crippen molar-refractivity contribution in [3.05, 3.63) is 46.3 Å². The van der Waals surface area contributed by atoms with Gasteiger partial charge in [0.1, 0.15) is 4.21 Å². The van der Waals surface area contributed by atoms with Crippen molar-refractivity contribution in [1.82, 2.24) is 9.21 Å². The second kappa shape index (κ2) is 8.17. The number of hydrogen-bond acceptors (Lipinski definition) is 5. The van der Waals surface area contributed by atoms with Crippen molar-refractivity contribution < 1.29 is 18.0 Å². The van der Waals surface area contributed by atoms with Crippen LogP contribution in [0.2, 0.25) is 5.02 Å². The molecule has 0 aliphatic carbocycles. The Bertz CT molecular complexity index is 912. The molecule has 1 heterocycles. The first-order chi connectivity index (χ1) is 12.1. The Morgan fingerprint density at radius 2 is 1.88 bits per heavy atom. The number of hydrogen-bond donors (Lipinski definition) is 1. The summed E-state index contributed by atoms with van der Waals surface area (Å²) in [5.41, 5.74) is 0.598. The van der Waals surface area contributed by atoms with E-state index in [1.54, 1.807) is 31.6 Å². The molecule has 0 unspecified atom stereocenters. The van der Waals surface area contributed by atoms with E-state index in [9.17, 15) is 18.0 Å². The molecule has 0 aliphatic rings. The minimum Gasteiger partial charge on any atom is -0.345 e. The average molecular weight is 416 g/mol. The number of anilines is 1. The van der Waals surface area contributed by atoms with Gasteiger partial charge in [0.2, 0.25) is 5.91 Å². The van der Waals surface area contributed by atoms with Crippen molar-refractivity contribution in [2.75, 3.05) is 33.0 Å². The fraction of sp³-hybridized carbons (Fsp3) is 0.250. The Hall–Kier alpha value is -1.94. The lowest BCUT2D eigenvalue weighted by Crippen LogP contribution is -2.34. The highest BCUT2D eigenvalue weighted by Gasteiger charge is 2.24. The van der Waals surface area contributed by atoms with E-state index in [1.807, 2.05) is 0 Å². The van der Waals surface area contributed by atoms with E-state index in [1.165, 1.54) is 30.1 Å². The fourth-order valence-corrected chi connectivity index (χ4v) is 4.55. The molecule has 10 heteroatoms. The third kappa shape index (κ3) is 4.61. The summed E-state index contributed by atoms with van der Waals surface area (Å²) in [5.74, 6) is -0.807. The Morgan fingerprint density at radius 1 is 1.19 bits per heavy atom. The second-order valence-corrected chi connectivity index (χ2v) is 9.26. The molecule has 0 aliphatic heterocycles. The Kier molecular flexibility index (Phi) is 6.40. The van der Waals surface area contributed by atoms with Crippen molar-refractivity contribution in [2.24, 2.45) is 0 Å². The Labute approximate surface area is 161 Å². The number of nitrogens with one attached hydrogen (secondary N) is 1. The fourth-order valence-electron chi connectivity index (χ4n) is 2.05. The second-order valence-electron chi connectivity index (χ2n) is 5.64. The summed E-state index contributed by atoms with van der Waals surface area (Å²) in [7, 11) is 0.814. The van der Waals surface area contributed by atoms with Crippen LogP contribution in [-0.4, -0.2) is 57.1 Å². The molecule has 0 radical (unpaired) electrons. The standard InChI is InChI=1S/C16H18ClN3O4S2/c1-19(2)16(22)11-6-7-12(17)13(9-11)18-14(21)10-20(3)26(23,24)15-5-4-8-25-15/h4-9H,10H2,1-3H3,(H,18,21). The average Bonchev–Trinajstić information content (AvgIpc) is 3.11. The summed E-state index contributed by atoms with van der Waals surface area (Å²) in [6, 6.07) is 7.60. The van der Waals surface area contributed by atoms with Crippen LogP contribution < -0.4 is 5.32 Å². The zero-order chi connectivity index (χ0) is 19.5. The molecule has 0 saturated heterocycles. The van der Waals surface area contributed by atoms with Crippen LogP contribution in [0.1, 0.15) is 10.4 Å². The van der Waals surface area contributed by atoms with Gasteiger partial charge in [-0.2, -0.15) is 4.31 Å². The number of carbonyl (C=O) groups is 2. The first kappa shape index (κ1) is 20.4. The van der Waals surface area contributed by atoms with Crippen molar-refractivity contribution in [2.45, 2.75) is 4.21 Å². The summed E-state index contributed by atoms with van der Waals surface area (Å²) < 4.78 is 25.8. The zero-order valence-corrected chi connectivity index (χ0v) is 16.8. The summed E-state index contributed by atoms with van der Waals surface area (Å²) in [4.78, 5) is 25.7. The van der Waals surface area contributed by atoms with Crippen molar-refractivity contribution in [3.63, 3.8) is 0 Å². The van der Waals surface area contributed by atoms with Crippen LogP contribution in [0.25, 0.3) is 0 Å². The number of halogens is 1. The van der Waals surface area contributed by atoms with E-state index in [2.05, 4.69) is 5.32 Å². The van der Waals surface area contributed by atoms with Crippen LogP contribution in [0.4, 0.5) is 5.69 Å². The van der Waals surface area contributed by atoms with E-state index in [4.69, 9.17) is 11.6 Å². The molecule has 2 aromatic rings. The minimum atomic E-state index is -3.73. The van der Waals surface area contributed by atoms with Crippen LogP contribution in [-0.2, 0) is 14.8 Å². The van der Waals surface area contributed by atoms with Gasteiger partial charge in [0, 0.05) is 26.7 Å². The van der Waals surface area contributed by atoms with Gasteiger partial charge in [0.05, 0.1) is 17.3 Å². The molecule has 7 nitrogen and oxygen atoms in total. The highest BCUT2D eigenvalue weighted by Crippen LogP contribution is 2.24. The zero-order valence-electron chi connectivity index (χ0n) is 14.4. The number of thiophene rings is 1. The van der Waals surface area contributed by atoms with E-state index in [0.29, 0.717) is 5.56 Å². The molecular formula is C16H18ClN3O4S2. The summed E-state index contributed by atoms with van der Waals surface area (Å²) in [5, 5.41) is 4.44. The van der Waals surface area contributed by atoms with Crippen molar-refractivity contribution >= 4 is 50.5 Å². The van der Waals surface area contributed by atoms with Gasteiger partial charge >= 0.3 is 0 Å². The van der Waals surface area contributed by atoms with Gasteiger partial charge in [-0.3, -0.25) is 9.59 Å². The highest BCUT2D eigenvalue weighted by molar-refractivity contribution is 7.91. The number of benzene rings is 1. The van der Waals surface area contributed by atoms with Crippen LogP contribution in [0.5, 0.6) is 0 Å². The van der Waals surface area contributed by atoms with E-state index >= 15 is 0 Å². The van der Waals surface area contributed by atoms with Gasteiger partial charge in [0.25, 0.3) is 15.9 Å². The van der Waals surface area contributed by atoms with Gasteiger partial charge in [-0.15, -0.1) is 11.3 Å². The SMILES string of the molecule is CN(C)C(=O)c1ccc(Cl)c(NC(=O)CN(C)S(=O)(=O)c2cccs2)c1. The smallest absolute Gasteiger partial charge is 0.253 e. The third-order valence-electron chi connectivity index (χ3n) is 3.42. The van der Waals surface area contributed by atoms with E-state index < -0.39 is 15.9 Å². The predicted octanol–water partition coefficient (Wildman–Crippen LogP) is 2.36. The quantitative estimate of drug-likeness (QED) is 0.784. The van der Waals surface area contributed by atoms with Crippen LogP contribution in [0.15, 0.2) is 39.9 Å². The van der Waals surface area contributed by atoms with Gasteiger partial charge in [-0.25, -0.2) is 8.42 Å². The molecule has 140 valence electrons. The lowest BCUT2D eigenvalue weighted by atomic mass is 10.2. The molecular weight excluding hydrogens is 398 g/mol. The molecule has 0 saturated carbocycles. The lowest BCUT2D eigenvalue weighted by Gasteiger charge is -2.17. The topological polar surface area (TPSA) is 86.8 Å². The largest absolute Gasteiger partial charge is 0.345 e. The first-order valence-electron chi connectivity index (χ1n) is 7.44. The van der Waals surface area contributed by atoms with Gasteiger partial charge < -0.3 is 10.2 Å². The van der Waals surface area contributed by atoms with Crippen LogP contribution in [0, 0.1) is 0 Å². The molecule has 0 fully saturated rings. The monoisotopic (exact) mass is 415 g/mol. The molecule has 0 spiro atoms. The number of carbonyl (C=O) groups excluding carboxylic acids is 2. The number of nitrogens with zero attached hydrogens (tertiary/aromatic N) is 2. The molecule has 0 bridgehead atoms. The Morgan fingerprint density at radius 3 is 2.46 bits per heavy atom. The third-order valence-corrected chi connectivity index (χ3v) is 6.93. The molecule has 26 heavy (non-hydrogen) atoms. The minimum absolute atomic E-state index is 0.157. The van der Waals surface area contributed by atoms with Gasteiger partial charge in [-0.05, 0) is 29.6 Å². The van der Waals surface area contributed by atoms with E-state index in [-0.39, 0.29) is 27.4 Å². The molecule has 2 rings (SSSR count). The first-order valence-corrected chi connectivity index (χ1v) is 10.1. The Balaban J connectivity index is 2.13. The van der Waals surface area contributed by atoms with E-state index in [0.717, 1.165) is 15.6 Å². The maximum atomic E-state index is 12.3. The highest BCUT2D eigenvalue weighted by atomic mass is 35.5. The molecule has 1 aromatic carbocycles. The summed E-state index contributed by atoms with van der Waals surface area (Å²) >= 11 is 7.14. The normalized spacial score (nSPS) is 11.4. The lowest BCUT2D eigenvalue weighted by molar-refractivity contribution is -0.116. The van der Waals surface area contributed by atoms with Gasteiger partial charge in [-0.1, -0.05) is 17.7 Å². The van der Waals surface area contributed by atoms with Crippen LogP contribution >= 0.6 is 22.9 Å². The summed E-state index contributed by atoms with van der Waals surface area (Å²) in [6.45, 7) is -0.386.